The van der Waals surface area contributed by atoms with Crippen molar-refractivity contribution in [1.82, 2.24) is 0 Å². The molecule has 1 heterocycles. The summed E-state index contributed by atoms with van der Waals surface area (Å²) in [5, 5.41) is 19.2. The van der Waals surface area contributed by atoms with Crippen LogP contribution in [-0.4, -0.2) is 27.8 Å². The minimum absolute atomic E-state index is 0.174. The third-order valence-corrected chi connectivity index (χ3v) is 4.07. The molecule has 7 heteroatoms. The lowest BCUT2D eigenvalue weighted by atomic mass is 9.87. The molecule has 6 N–H and O–H groups in total. The van der Waals surface area contributed by atoms with Gasteiger partial charge in [-0.1, -0.05) is 6.42 Å². The first-order valence-corrected chi connectivity index (χ1v) is 7.03. The summed E-state index contributed by atoms with van der Waals surface area (Å²) in [6.45, 7) is 0. The molecule has 0 amide bonds. The molecule has 0 bridgehead atoms. The highest BCUT2D eigenvalue weighted by Gasteiger charge is 2.42. The Balaban J connectivity index is 2.08. The summed E-state index contributed by atoms with van der Waals surface area (Å²) in [7, 11) is 0. The number of rotatable bonds is 1. The molecular formula is C14H19N5O2. The summed E-state index contributed by atoms with van der Waals surface area (Å²) in [5.41, 5.74) is 12.0. The van der Waals surface area contributed by atoms with Crippen LogP contribution >= 0.6 is 0 Å². The van der Waals surface area contributed by atoms with Gasteiger partial charge in [-0.25, -0.2) is 4.99 Å². The fourth-order valence-electron chi connectivity index (χ4n) is 3.15. The highest BCUT2D eigenvalue weighted by molar-refractivity contribution is 6.05. The SMILES string of the molecule is NC1=NC2(CCCCC2)N(c2ccc(O)c(O)c2)C(N)=N1. The van der Waals surface area contributed by atoms with Gasteiger partial charge < -0.3 is 21.7 Å². The second-order valence-corrected chi connectivity index (χ2v) is 5.49. The van der Waals surface area contributed by atoms with Crippen LogP contribution in [0.15, 0.2) is 28.2 Å². The van der Waals surface area contributed by atoms with Gasteiger partial charge in [0.25, 0.3) is 0 Å². The predicted molar refractivity (Wildman–Crippen MR) is 81.3 cm³/mol. The third kappa shape index (κ3) is 2.24. The van der Waals surface area contributed by atoms with Crippen molar-refractivity contribution in [3.8, 4) is 11.5 Å². The highest BCUT2D eigenvalue weighted by Crippen LogP contribution is 2.41. The van der Waals surface area contributed by atoms with E-state index in [1.165, 1.54) is 12.1 Å². The number of phenolic OH excluding ortho intramolecular Hbond substituents is 2. The molecule has 0 atom stereocenters. The van der Waals surface area contributed by atoms with Crippen LogP contribution in [0.3, 0.4) is 0 Å². The molecule has 1 aliphatic heterocycles. The molecule has 0 radical (unpaired) electrons. The summed E-state index contributed by atoms with van der Waals surface area (Å²) >= 11 is 0. The normalized spacial score (nSPS) is 21.0. The Hall–Kier alpha value is -2.44. The Morgan fingerprint density at radius 1 is 1.05 bits per heavy atom. The lowest BCUT2D eigenvalue weighted by molar-refractivity contribution is 0.305. The van der Waals surface area contributed by atoms with Crippen LogP contribution in [-0.2, 0) is 0 Å². The van der Waals surface area contributed by atoms with E-state index in [2.05, 4.69) is 9.98 Å². The van der Waals surface area contributed by atoms with Crippen molar-refractivity contribution < 1.29 is 10.2 Å². The molecule has 0 saturated heterocycles. The number of hydrogen-bond donors (Lipinski definition) is 4. The molecular weight excluding hydrogens is 270 g/mol. The van der Waals surface area contributed by atoms with Gasteiger partial charge in [-0.3, -0.25) is 4.90 Å². The van der Waals surface area contributed by atoms with E-state index in [9.17, 15) is 10.2 Å². The first-order valence-electron chi connectivity index (χ1n) is 7.03. The van der Waals surface area contributed by atoms with Gasteiger partial charge in [-0.05, 0) is 37.8 Å². The lowest BCUT2D eigenvalue weighted by Gasteiger charge is -2.45. The zero-order chi connectivity index (χ0) is 15.0. The molecule has 1 aliphatic carbocycles. The number of aromatic hydroxyl groups is 2. The molecule has 3 rings (SSSR count). The number of hydrogen-bond acceptors (Lipinski definition) is 7. The first-order chi connectivity index (χ1) is 10.0. The van der Waals surface area contributed by atoms with Crippen molar-refractivity contribution in [2.24, 2.45) is 21.5 Å². The van der Waals surface area contributed by atoms with Gasteiger partial charge in [0.1, 0.15) is 5.66 Å². The topological polar surface area (TPSA) is 120 Å². The largest absolute Gasteiger partial charge is 0.504 e. The van der Waals surface area contributed by atoms with Gasteiger partial charge in [0.05, 0.1) is 5.69 Å². The monoisotopic (exact) mass is 289 g/mol. The van der Waals surface area contributed by atoms with E-state index in [4.69, 9.17) is 11.5 Å². The van der Waals surface area contributed by atoms with E-state index in [-0.39, 0.29) is 23.4 Å². The van der Waals surface area contributed by atoms with Gasteiger partial charge in [0.2, 0.25) is 11.9 Å². The van der Waals surface area contributed by atoms with Gasteiger partial charge >= 0.3 is 0 Å². The standard InChI is InChI=1S/C14H19N5O2/c15-12-17-13(16)19(9-4-5-10(20)11(21)8-9)14(18-12)6-2-1-3-7-14/h4-5,8,20-21H,1-3,6-7H2,(H4,15,16,17,18). The zero-order valence-electron chi connectivity index (χ0n) is 11.7. The van der Waals surface area contributed by atoms with Crippen LogP contribution in [0.25, 0.3) is 0 Å². The smallest absolute Gasteiger partial charge is 0.220 e. The zero-order valence-corrected chi connectivity index (χ0v) is 11.7. The number of nitrogens with zero attached hydrogens (tertiary/aromatic N) is 3. The molecule has 112 valence electrons. The molecule has 0 aromatic heterocycles. The Morgan fingerprint density at radius 2 is 1.76 bits per heavy atom. The van der Waals surface area contributed by atoms with Crippen molar-refractivity contribution in [3.05, 3.63) is 18.2 Å². The van der Waals surface area contributed by atoms with Crippen LogP contribution in [0, 0.1) is 0 Å². The number of guanidine groups is 2. The second kappa shape index (κ2) is 4.83. The van der Waals surface area contributed by atoms with Gasteiger partial charge in [0, 0.05) is 6.07 Å². The van der Waals surface area contributed by atoms with Gasteiger partial charge in [0.15, 0.2) is 11.5 Å². The average molecular weight is 289 g/mol. The molecule has 2 aliphatic rings. The number of anilines is 1. The summed E-state index contributed by atoms with van der Waals surface area (Å²) < 4.78 is 0. The van der Waals surface area contributed by atoms with E-state index < -0.39 is 5.66 Å². The molecule has 1 aromatic carbocycles. The molecule has 0 unspecified atom stereocenters. The van der Waals surface area contributed by atoms with Crippen LogP contribution in [0.2, 0.25) is 0 Å². The number of phenols is 2. The quantitative estimate of drug-likeness (QED) is 0.579. The van der Waals surface area contributed by atoms with E-state index in [1.807, 2.05) is 4.90 Å². The lowest BCUT2D eigenvalue weighted by Crippen LogP contribution is -2.58. The van der Waals surface area contributed by atoms with E-state index in [1.54, 1.807) is 6.07 Å². The molecule has 1 aromatic rings. The van der Waals surface area contributed by atoms with Crippen molar-refractivity contribution in [2.75, 3.05) is 4.90 Å². The van der Waals surface area contributed by atoms with Crippen LogP contribution in [0.4, 0.5) is 5.69 Å². The van der Waals surface area contributed by atoms with E-state index in [0.29, 0.717) is 5.69 Å². The van der Waals surface area contributed by atoms with Crippen molar-refractivity contribution in [2.45, 2.75) is 37.8 Å². The Morgan fingerprint density at radius 3 is 2.43 bits per heavy atom. The first kappa shape index (κ1) is 13.5. The fourth-order valence-corrected chi connectivity index (χ4v) is 3.15. The summed E-state index contributed by atoms with van der Waals surface area (Å²) in [4.78, 5) is 10.4. The Kier molecular flexibility index (Phi) is 3.12. The van der Waals surface area contributed by atoms with Crippen LogP contribution < -0.4 is 16.4 Å². The molecule has 7 nitrogen and oxygen atoms in total. The minimum atomic E-state index is -0.544. The summed E-state index contributed by atoms with van der Waals surface area (Å²) in [5.74, 6) is 0.0731. The molecule has 21 heavy (non-hydrogen) atoms. The molecule has 1 saturated carbocycles. The maximum absolute atomic E-state index is 9.74. The third-order valence-electron chi connectivity index (χ3n) is 4.07. The Bertz CT molecular complexity index is 620. The van der Waals surface area contributed by atoms with Gasteiger partial charge in [-0.2, -0.15) is 4.99 Å². The van der Waals surface area contributed by atoms with E-state index in [0.717, 1.165) is 32.1 Å². The second-order valence-electron chi connectivity index (χ2n) is 5.49. The van der Waals surface area contributed by atoms with Crippen molar-refractivity contribution in [1.29, 1.82) is 0 Å². The summed E-state index contributed by atoms with van der Waals surface area (Å²) in [6.07, 6.45) is 4.87. The van der Waals surface area contributed by atoms with Crippen LogP contribution in [0.1, 0.15) is 32.1 Å². The number of benzene rings is 1. The minimum Gasteiger partial charge on any atom is -0.504 e. The summed E-state index contributed by atoms with van der Waals surface area (Å²) in [6, 6.07) is 4.58. The molecule has 1 fully saturated rings. The number of nitrogens with two attached hydrogens (primary N) is 2. The van der Waals surface area contributed by atoms with Crippen molar-refractivity contribution >= 4 is 17.6 Å². The maximum Gasteiger partial charge on any atom is 0.220 e. The number of aliphatic imine (C=N–C) groups is 2. The van der Waals surface area contributed by atoms with E-state index >= 15 is 0 Å². The average Bonchev–Trinajstić information content (AvgIpc) is 2.42. The highest BCUT2D eigenvalue weighted by atomic mass is 16.3. The maximum atomic E-state index is 9.74. The Labute approximate surface area is 122 Å². The van der Waals surface area contributed by atoms with Crippen LogP contribution in [0.5, 0.6) is 11.5 Å². The van der Waals surface area contributed by atoms with Gasteiger partial charge in [-0.15, -0.1) is 0 Å². The van der Waals surface area contributed by atoms with Crippen molar-refractivity contribution in [3.63, 3.8) is 0 Å². The predicted octanol–water partition coefficient (Wildman–Crippen LogP) is 1.21. The fraction of sp³-hybridized carbons (Fsp3) is 0.429. The molecule has 1 spiro atoms.